The van der Waals surface area contributed by atoms with E-state index in [1.165, 1.54) is 40.0 Å². The number of aromatic nitrogens is 1. The van der Waals surface area contributed by atoms with Gasteiger partial charge in [0.1, 0.15) is 11.1 Å². The molecule has 0 saturated heterocycles. The van der Waals surface area contributed by atoms with Gasteiger partial charge in [-0.15, -0.1) is 0 Å². The number of benzene rings is 3. The average molecular weight is 597 g/mol. The van der Waals surface area contributed by atoms with Gasteiger partial charge in [0, 0.05) is 29.4 Å². The van der Waals surface area contributed by atoms with Crippen LogP contribution in [0, 0.1) is 11.3 Å². The van der Waals surface area contributed by atoms with Gasteiger partial charge in [-0.2, -0.15) is 5.26 Å². The van der Waals surface area contributed by atoms with Crippen molar-refractivity contribution in [2.24, 2.45) is 0 Å². The Morgan fingerprint density at radius 2 is 1.49 bits per heavy atom. The van der Waals surface area contributed by atoms with Gasteiger partial charge in [0.25, 0.3) is 0 Å². The molecule has 9 nitrogen and oxygen atoms in total. The Kier molecular flexibility index (Phi) is 10.3. The first-order chi connectivity index (χ1) is 20.8. The molecular formula is C33H32N4O5S. The van der Waals surface area contributed by atoms with Gasteiger partial charge in [-0.05, 0) is 54.4 Å². The van der Waals surface area contributed by atoms with E-state index in [-0.39, 0.29) is 11.8 Å². The molecule has 43 heavy (non-hydrogen) atoms. The lowest BCUT2D eigenvalue weighted by molar-refractivity contribution is -0.116. The summed E-state index contributed by atoms with van der Waals surface area (Å²) < 4.78 is 16.6. The van der Waals surface area contributed by atoms with Gasteiger partial charge in [-0.1, -0.05) is 49.0 Å². The third-order valence-electron chi connectivity index (χ3n) is 6.53. The summed E-state index contributed by atoms with van der Waals surface area (Å²) in [6.45, 7) is 3.34. The second-order valence-corrected chi connectivity index (χ2v) is 10.6. The number of anilines is 2. The zero-order chi connectivity index (χ0) is 30.9. The van der Waals surface area contributed by atoms with Crippen molar-refractivity contribution < 1.29 is 23.8 Å². The molecule has 220 valence electrons. The van der Waals surface area contributed by atoms with Crippen LogP contribution in [-0.4, -0.2) is 43.4 Å². The first-order valence-corrected chi connectivity index (χ1v) is 14.4. The van der Waals surface area contributed by atoms with Crippen LogP contribution in [0.2, 0.25) is 0 Å². The summed E-state index contributed by atoms with van der Waals surface area (Å²) in [5.41, 5.74) is 4.33. The summed E-state index contributed by atoms with van der Waals surface area (Å²) in [6.07, 6.45) is 0.488. The molecule has 1 unspecified atom stereocenters. The molecule has 0 bridgehead atoms. The maximum absolute atomic E-state index is 13.4. The Hall–Kier alpha value is -5.01. The minimum Gasteiger partial charge on any atom is -0.493 e. The normalized spacial score (nSPS) is 11.2. The number of nitriles is 1. The second kappa shape index (κ2) is 14.2. The Bertz CT molecular complexity index is 1630. The van der Waals surface area contributed by atoms with Crippen molar-refractivity contribution in [2.75, 3.05) is 32.0 Å². The number of rotatable bonds is 11. The van der Waals surface area contributed by atoms with Crippen molar-refractivity contribution in [3.05, 3.63) is 78.4 Å². The van der Waals surface area contributed by atoms with E-state index < -0.39 is 5.25 Å². The van der Waals surface area contributed by atoms with Crippen LogP contribution in [0.15, 0.2) is 77.8 Å². The van der Waals surface area contributed by atoms with Gasteiger partial charge < -0.3 is 24.8 Å². The van der Waals surface area contributed by atoms with E-state index in [0.29, 0.717) is 62.5 Å². The summed E-state index contributed by atoms with van der Waals surface area (Å²) in [4.78, 5) is 29.6. The molecular weight excluding hydrogens is 564 g/mol. The molecule has 0 radical (unpaired) electrons. The molecule has 2 amide bonds. The molecule has 0 aliphatic heterocycles. The molecule has 1 heterocycles. The maximum Gasteiger partial charge on any atom is 0.237 e. The van der Waals surface area contributed by atoms with E-state index in [4.69, 9.17) is 19.2 Å². The zero-order valence-corrected chi connectivity index (χ0v) is 25.4. The standard InChI is InChI=1S/C33H32N4O5S/c1-6-30(32(39)36-24-14-12-23(13-15-24)35-20(2)38)43-33-26(19-34)25(18-27(37-33)21-10-8-7-9-11-21)22-16-28(40-3)31(42-5)29(17-22)41-4/h7-18,30H,6H2,1-5H3,(H,35,38)(H,36,39). The lowest BCUT2D eigenvalue weighted by atomic mass is 9.98. The molecule has 4 rings (SSSR count). The number of thioether (sulfide) groups is 1. The van der Waals surface area contributed by atoms with Crippen molar-refractivity contribution in [2.45, 2.75) is 30.5 Å². The van der Waals surface area contributed by atoms with Crippen LogP contribution in [-0.2, 0) is 9.59 Å². The number of nitrogens with zero attached hydrogens (tertiary/aromatic N) is 2. The number of methoxy groups -OCH3 is 3. The Morgan fingerprint density at radius 1 is 0.884 bits per heavy atom. The first-order valence-electron chi connectivity index (χ1n) is 13.5. The van der Waals surface area contributed by atoms with Gasteiger partial charge in [-0.3, -0.25) is 9.59 Å². The minimum absolute atomic E-state index is 0.177. The van der Waals surface area contributed by atoms with E-state index in [2.05, 4.69) is 16.7 Å². The van der Waals surface area contributed by atoms with Crippen molar-refractivity contribution in [3.8, 4) is 45.7 Å². The van der Waals surface area contributed by atoms with E-state index in [9.17, 15) is 14.9 Å². The molecule has 0 aliphatic carbocycles. The highest BCUT2D eigenvalue weighted by molar-refractivity contribution is 8.00. The second-order valence-electron chi connectivity index (χ2n) is 9.39. The summed E-state index contributed by atoms with van der Waals surface area (Å²) in [5.74, 6) is 0.923. The predicted molar refractivity (Wildman–Crippen MR) is 169 cm³/mol. The average Bonchev–Trinajstić information content (AvgIpc) is 3.03. The fourth-order valence-corrected chi connectivity index (χ4v) is 5.48. The van der Waals surface area contributed by atoms with Gasteiger partial charge in [0.2, 0.25) is 17.6 Å². The summed E-state index contributed by atoms with van der Waals surface area (Å²) >= 11 is 1.23. The van der Waals surface area contributed by atoms with Crippen LogP contribution in [0.25, 0.3) is 22.4 Å². The van der Waals surface area contributed by atoms with E-state index in [0.717, 1.165) is 5.56 Å². The van der Waals surface area contributed by atoms with Gasteiger partial charge in [-0.25, -0.2) is 4.98 Å². The number of carbonyl (C=O) groups is 2. The predicted octanol–water partition coefficient (Wildman–Crippen LogP) is 6.78. The lowest BCUT2D eigenvalue weighted by Crippen LogP contribution is -2.25. The van der Waals surface area contributed by atoms with E-state index in [1.807, 2.05) is 43.3 Å². The van der Waals surface area contributed by atoms with Crippen LogP contribution in [0.5, 0.6) is 17.2 Å². The highest BCUT2D eigenvalue weighted by Crippen LogP contribution is 2.44. The third-order valence-corrected chi connectivity index (χ3v) is 7.88. The van der Waals surface area contributed by atoms with Crippen molar-refractivity contribution in [1.82, 2.24) is 4.98 Å². The highest BCUT2D eigenvalue weighted by atomic mass is 32.2. The molecule has 2 N–H and O–H groups in total. The monoisotopic (exact) mass is 596 g/mol. The van der Waals surface area contributed by atoms with Crippen LogP contribution in [0.4, 0.5) is 11.4 Å². The molecule has 0 fully saturated rings. The smallest absolute Gasteiger partial charge is 0.237 e. The summed E-state index contributed by atoms with van der Waals surface area (Å²) in [5, 5.41) is 15.9. The van der Waals surface area contributed by atoms with Crippen molar-refractivity contribution >= 4 is 35.0 Å². The lowest BCUT2D eigenvalue weighted by Gasteiger charge is -2.19. The summed E-state index contributed by atoms with van der Waals surface area (Å²) in [6, 6.07) is 24.3. The molecule has 4 aromatic rings. The molecule has 0 saturated carbocycles. The van der Waals surface area contributed by atoms with Gasteiger partial charge >= 0.3 is 0 Å². The maximum atomic E-state index is 13.4. The first kappa shape index (κ1) is 30.9. The Labute approximate surface area is 255 Å². The van der Waals surface area contributed by atoms with Crippen LogP contribution < -0.4 is 24.8 Å². The number of nitrogens with one attached hydrogen (secondary N) is 2. The van der Waals surface area contributed by atoms with Crippen molar-refractivity contribution in [3.63, 3.8) is 0 Å². The van der Waals surface area contributed by atoms with Gasteiger partial charge in [0.05, 0.1) is 37.8 Å². The number of ether oxygens (including phenoxy) is 3. The van der Waals surface area contributed by atoms with E-state index >= 15 is 0 Å². The van der Waals surface area contributed by atoms with Crippen molar-refractivity contribution in [1.29, 1.82) is 5.26 Å². The third kappa shape index (κ3) is 7.26. The number of pyridine rings is 1. The fraction of sp³-hybridized carbons (Fsp3) is 0.212. The molecule has 0 spiro atoms. The quantitative estimate of drug-likeness (QED) is 0.182. The molecule has 1 aromatic heterocycles. The van der Waals surface area contributed by atoms with Gasteiger partial charge in [0.15, 0.2) is 11.5 Å². The Morgan fingerprint density at radius 3 is 2.00 bits per heavy atom. The topological polar surface area (TPSA) is 123 Å². The number of carbonyl (C=O) groups excluding carboxylic acids is 2. The molecule has 0 aliphatic rings. The number of hydrogen-bond donors (Lipinski definition) is 2. The number of hydrogen-bond acceptors (Lipinski definition) is 8. The van der Waals surface area contributed by atoms with E-state index in [1.54, 1.807) is 36.4 Å². The van der Waals surface area contributed by atoms with Crippen LogP contribution >= 0.6 is 11.8 Å². The minimum atomic E-state index is -0.548. The summed E-state index contributed by atoms with van der Waals surface area (Å²) in [7, 11) is 4.60. The SMILES string of the molecule is CCC(Sc1nc(-c2ccccc2)cc(-c2cc(OC)c(OC)c(OC)c2)c1C#N)C(=O)Nc1ccc(NC(C)=O)cc1. The Balaban J connectivity index is 1.77. The largest absolute Gasteiger partial charge is 0.493 e. The molecule has 10 heteroatoms. The highest BCUT2D eigenvalue weighted by Gasteiger charge is 2.25. The molecule has 3 aromatic carbocycles. The zero-order valence-electron chi connectivity index (χ0n) is 24.6. The molecule has 1 atom stereocenters. The van der Waals surface area contributed by atoms with Crippen LogP contribution in [0.3, 0.4) is 0 Å². The number of amides is 2. The van der Waals surface area contributed by atoms with Crippen LogP contribution in [0.1, 0.15) is 25.8 Å². The fourth-order valence-electron chi connectivity index (χ4n) is 4.46.